The van der Waals surface area contributed by atoms with Gasteiger partial charge in [0.2, 0.25) is 11.8 Å². The van der Waals surface area contributed by atoms with Gasteiger partial charge in [-0.25, -0.2) is 4.39 Å². The molecule has 1 aliphatic heterocycles. The summed E-state index contributed by atoms with van der Waals surface area (Å²) in [5, 5.41) is 2.87. The number of piperidine rings is 1. The van der Waals surface area contributed by atoms with E-state index in [1.54, 1.807) is 31.1 Å². The topological polar surface area (TPSA) is 58.6 Å². The average Bonchev–Trinajstić information content (AvgIpc) is 2.70. The number of nitrogens with one attached hydrogen (secondary N) is 1. The lowest BCUT2D eigenvalue weighted by atomic mass is 9.96. The zero-order chi connectivity index (χ0) is 20.1. The normalized spacial score (nSPS) is 16.8. The second kappa shape index (κ2) is 8.87. The summed E-state index contributed by atoms with van der Waals surface area (Å²) < 4.78 is 19.0. The molecule has 0 bridgehead atoms. The van der Waals surface area contributed by atoms with Crippen molar-refractivity contribution >= 4 is 11.8 Å². The van der Waals surface area contributed by atoms with Crippen molar-refractivity contribution in [2.24, 2.45) is 5.92 Å². The Balaban J connectivity index is 1.60. The number of carbonyl (C=O) groups is 2. The van der Waals surface area contributed by atoms with Crippen molar-refractivity contribution < 1.29 is 18.7 Å². The summed E-state index contributed by atoms with van der Waals surface area (Å²) in [6, 6.07) is 12.5. The molecule has 0 aromatic heterocycles. The number of methoxy groups -OCH3 is 1. The first-order chi connectivity index (χ1) is 13.5. The van der Waals surface area contributed by atoms with E-state index in [2.05, 4.69) is 5.32 Å². The van der Waals surface area contributed by atoms with Crippen LogP contribution in [0.15, 0.2) is 42.5 Å². The van der Waals surface area contributed by atoms with Crippen molar-refractivity contribution in [1.82, 2.24) is 10.2 Å². The predicted molar refractivity (Wildman–Crippen MR) is 104 cm³/mol. The third-order valence-electron chi connectivity index (χ3n) is 5.13. The van der Waals surface area contributed by atoms with Gasteiger partial charge in [-0.05, 0) is 36.6 Å². The van der Waals surface area contributed by atoms with Crippen molar-refractivity contribution in [3.63, 3.8) is 0 Å². The molecule has 0 spiro atoms. The Kier molecular flexibility index (Phi) is 6.29. The molecule has 0 saturated carbocycles. The van der Waals surface area contributed by atoms with Crippen molar-refractivity contribution in [2.45, 2.75) is 32.9 Å². The van der Waals surface area contributed by atoms with Gasteiger partial charge in [-0.3, -0.25) is 9.59 Å². The van der Waals surface area contributed by atoms with E-state index in [-0.39, 0.29) is 30.1 Å². The largest absolute Gasteiger partial charge is 0.496 e. The average molecular weight is 384 g/mol. The SMILES string of the molecule is COc1ccccc1CN1C[C@@H](C(=O)NCc2ccc(C)c(F)c2)CCC1=O. The van der Waals surface area contributed by atoms with Crippen LogP contribution >= 0.6 is 0 Å². The van der Waals surface area contributed by atoms with E-state index < -0.39 is 0 Å². The summed E-state index contributed by atoms with van der Waals surface area (Å²) in [5.41, 5.74) is 2.21. The van der Waals surface area contributed by atoms with Gasteiger partial charge in [0.25, 0.3) is 0 Å². The molecule has 1 fully saturated rings. The third-order valence-corrected chi connectivity index (χ3v) is 5.13. The number of hydrogen-bond acceptors (Lipinski definition) is 3. The van der Waals surface area contributed by atoms with E-state index in [9.17, 15) is 14.0 Å². The number of amides is 2. The molecule has 3 rings (SSSR count). The smallest absolute Gasteiger partial charge is 0.225 e. The monoisotopic (exact) mass is 384 g/mol. The summed E-state index contributed by atoms with van der Waals surface area (Å²) in [5.74, 6) is 0.0954. The second-order valence-electron chi connectivity index (χ2n) is 7.12. The quantitative estimate of drug-likeness (QED) is 0.832. The van der Waals surface area contributed by atoms with Gasteiger partial charge in [0.05, 0.1) is 13.0 Å². The third kappa shape index (κ3) is 4.68. The molecular formula is C22H25FN2O3. The molecule has 2 amide bonds. The first-order valence-electron chi connectivity index (χ1n) is 9.40. The van der Waals surface area contributed by atoms with E-state index in [0.29, 0.717) is 37.1 Å². The molecule has 1 heterocycles. The highest BCUT2D eigenvalue weighted by atomic mass is 19.1. The van der Waals surface area contributed by atoms with Crippen molar-refractivity contribution in [3.05, 3.63) is 65.0 Å². The standard InChI is InChI=1S/C22H25FN2O3/c1-15-7-8-16(11-19(15)23)12-24-22(27)18-9-10-21(26)25(14-18)13-17-5-3-4-6-20(17)28-2/h3-8,11,18H,9-10,12-14H2,1-2H3,(H,24,27)/t18-/m0/s1. The number of benzene rings is 2. The zero-order valence-corrected chi connectivity index (χ0v) is 16.2. The fourth-order valence-corrected chi connectivity index (χ4v) is 3.40. The van der Waals surface area contributed by atoms with Crippen LogP contribution in [0.3, 0.4) is 0 Å². The first-order valence-corrected chi connectivity index (χ1v) is 9.40. The number of hydrogen-bond donors (Lipinski definition) is 1. The summed E-state index contributed by atoms with van der Waals surface area (Å²) in [7, 11) is 1.60. The Bertz CT molecular complexity index is 869. The van der Waals surface area contributed by atoms with Crippen LogP contribution in [0.5, 0.6) is 5.75 Å². The zero-order valence-electron chi connectivity index (χ0n) is 16.2. The fraction of sp³-hybridized carbons (Fsp3) is 0.364. The molecule has 1 atom stereocenters. The molecule has 28 heavy (non-hydrogen) atoms. The van der Waals surface area contributed by atoms with Gasteiger partial charge >= 0.3 is 0 Å². The Morgan fingerprint density at radius 1 is 1.29 bits per heavy atom. The molecule has 1 saturated heterocycles. The number of likely N-dealkylation sites (tertiary alicyclic amines) is 1. The maximum absolute atomic E-state index is 13.7. The Morgan fingerprint density at radius 2 is 2.07 bits per heavy atom. The molecule has 0 unspecified atom stereocenters. The lowest BCUT2D eigenvalue weighted by molar-refractivity contribution is -0.139. The van der Waals surface area contributed by atoms with E-state index in [0.717, 1.165) is 11.3 Å². The Labute approximate surface area is 164 Å². The summed E-state index contributed by atoms with van der Waals surface area (Å²) in [6.45, 7) is 2.75. The Morgan fingerprint density at radius 3 is 2.82 bits per heavy atom. The molecular weight excluding hydrogens is 359 g/mol. The molecule has 0 aliphatic carbocycles. The summed E-state index contributed by atoms with van der Waals surface area (Å²) in [6.07, 6.45) is 0.863. The van der Waals surface area contributed by atoms with Gasteiger partial charge in [0.15, 0.2) is 0 Å². The van der Waals surface area contributed by atoms with E-state index in [1.807, 2.05) is 24.3 Å². The van der Waals surface area contributed by atoms with Gasteiger partial charge < -0.3 is 15.0 Å². The number of para-hydroxylation sites is 1. The molecule has 2 aromatic carbocycles. The molecule has 148 valence electrons. The molecule has 1 N–H and O–H groups in total. The van der Waals surface area contributed by atoms with Crippen molar-refractivity contribution in [2.75, 3.05) is 13.7 Å². The summed E-state index contributed by atoms with van der Waals surface area (Å²) >= 11 is 0. The molecule has 6 heteroatoms. The van der Waals surface area contributed by atoms with Gasteiger partial charge in [0.1, 0.15) is 11.6 Å². The van der Waals surface area contributed by atoms with Crippen LogP contribution in [0.1, 0.15) is 29.5 Å². The summed E-state index contributed by atoms with van der Waals surface area (Å²) in [4.78, 5) is 26.6. The van der Waals surface area contributed by atoms with Gasteiger partial charge in [-0.2, -0.15) is 0 Å². The lowest BCUT2D eigenvalue weighted by Crippen LogP contribution is -2.45. The number of ether oxygens (including phenoxy) is 1. The minimum absolute atomic E-state index is 0.0376. The molecule has 2 aromatic rings. The highest BCUT2D eigenvalue weighted by Crippen LogP contribution is 2.24. The van der Waals surface area contributed by atoms with E-state index in [1.165, 1.54) is 6.07 Å². The maximum Gasteiger partial charge on any atom is 0.225 e. The number of carbonyl (C=O) groups excluding carboxylic acids is 2. The minimum Gasteiger partial charge on any atom is -0.496 e. The van der Waals surface area contributed by atoms with Gasteiger partial charge in [0, 0.05) is 31.6 Å². The lowest BCUT2D eigenvalue weighted by Gasteiger charge is -2.32. The Hall–Kier alpha value is -2.89. The van der Waals surface area contributed by atoms with E-state index >= 15 is 0 Å². The van der Waals surface area contributed by atoms with Crippen LogP contribution in [-0.4, -0.2) is 30.4 Å². The first kappa shape index (κ1) is 19.9. The highest BCUT2D eigenvalue weighted by Gasteiger charge is 2.30. The number of aryl methyl sites for hydroxylation is 1. The number of halogens is 1. The van der Waals surface area contributed by atoms with Crippen LogP contribution in [0.25, 0.3) is 0 Å². The molecule has 1 aliphatic rings. The van der Waals surface area contributed by atoms with Crippen molar-refractivity contribution in [1.29, 1.82) is 0 Å². The van der Waals surface area contributed by atoms with Crippen LogP contribution in [0.4, 0.5) is 4.39 Å². The van der Waals surface area contributed by atoms with E-state index in [4.69, 9.17) is 4.74 Å². The van der Waals surface area contributed by atoms with Crippen molar-refractivity contribution in [3.8, 4) is 5.75 Å². The van der Waals surface area contributed by atoms with Crippen LogP contribution in [0, 0.1) is 18.7 Å². The van der Waals surface area contributed by atoms with Gasteiger partial charge in [-0.15, -0.1) is 0 Å². The molecule has 5 nitrogen and oxygen atoms in total. The second-order valence-corrected chi connectivity index (χ2v) is 7.12. The van der Waals surface area contributed by atoms with Gasteiger partial charge in [-0.1, -0.05) is 30.3 Å². The highest BCUT2D eigenvalue weighted by molar-refractivity contribution is 5.83. The van der Waals surface area contributed by atoms with Crippen LogP contribution in [0.2, 0.25) is 0 Å². The molecule has 0 radical (unpaired) electrons. The predicted octanol–water partition coefficient (Wildman–Crippen LogP) is 3.20. The van der Waals surface area contributed by atoms with Crippen LogP contribution < -0.4 is 10.1 Å². The fourth-order valence-electron chi connectivity index (χ4n) is 3.40. The minimum atomic E-state index is -0.280. The number of rotatable bonds is 6. The van der Waals surface area contributed by atoms with Crippen LogP contribution in [-0.2, 0) is 22.7 Å². The maximum atomic E-state index is 13.7. The number of nitrogens with zero attached hydrogens (tertiary/aromatic N) is 1.